The van der Waals surface area contributed by atoms with Gasteiger partial charge in [0.2, 0.25) is 5.91 Å². The van der Waals surface area contributed by atoms with Crippen LogP contribution in [0, 0.1) is 0 Å². The first-order valence-electron chi connectivity index (χ1n) is 6.70. The van der Waals surface area contributed by atoms with Crippen LogP contribution < -0.4 is 10.6 Å². The summed E-state index contributed by atoms with van der Waals surface area (Å²) in [7, 11) is 1.68. The fourth-order valence-electron chi connectivity index (χ4n) is 3.04. The molecular formula is C15H19N3O. The second-order valence-electron chi connectivity index (χ2n) is 5.38. The van der Waals surface area contributed by atoms with Gasteiger partial charge in [0.15, 0.2) is 0 Å². The molecule has 0 bridgehead atoms. The molecule has 1 unspecified atom stereocenters. The highest BCUT2D eigenvalue weighted by molar-refractivity contribution is 5.86. The molecule has 19 heavy (non-hydrogen) atoms. The van der Waals surface area contributed by atoms with Crippen LogP contribution in [-0.2, 0) is 16.8 Å². The maximum atomic E-state index is 11.7. The molecule has 0 aliphatic carbocycles. The lowest BCUT2D eigenvalue weighted by Crippen LogP contribution is -2.47. The Morgan fingerprint density at radius 2 is 2.21 bits per heavy atom. The Kier molecular flexibility index (Phi) is 2.82. The van der Waals surface area contributed by atoms with Crippen molar-refractivity contribution < 1.29 is 4.79 Å². The third-order valence-corrected chi connectivity index (χ3v) is 4.05. The Bertz CT molecular complexity index is 631. The zero-order valence-corrected chi connectivity index (χ0v) is 11.3. The van der Waals surface area contributed by atoms with Crippen LogP contribution in [0.3, 0.4) is 0 Å². The van der Waals surface area contributed by atoms with Crippen molar-refractivity contribution in [2.24, 2.45) is 0 Å². The largest absolute Gasteiger partial charge is 0.359 e. The van der Waals surface area contributed by atoms with Crippen LogP contribution in [-0.4, -0.2) is 24.5 Å². The molecule has 0 radical (unpaired) electrons. The topological polar surface area (TPSA) is 56.9 Å². The van der Waals surface area contributed by atoms with Crippen LogP contribution in [0.5, 0.6) is 0 Å². The van der Waals surface area contributed by atoms with Crippen molar-refractivity contribution in [2.75, 3.05) is 13.6 Å². The summed E-state index contributed by atoms with van der Waals surface area (Å²) in [5.41, 5.74) is 3.34. The predicted octanol–water partition coefficient (Wildman–Crippen LogP) is 1.66. The van der Waals surface area contributed by atoms with Crippen molar-refractivity contribution in [3.8, 4) is 0 Å². The van der Waals surface area contributed by atoms with E-state index in [4.69, 9.17) is 0 Å². The average Bonchev–Trinajstić information content (AvgIpc) is 2.79. The normalized spacial score (nSPS) is 22.2. The highest BCUT2D eigenvalue weighted by Crippen LogP contribution is 2.35. The lowest BCUT2D eigenvalue weighted by molar-refractivity contribution is -0.122. The van der Waals surface area contributed by atoms with E-state index >= 15 is 0 Å². The number of nitrogens with one attached hydrogen (secondary N) is 3. The number of H-pyrrole nitrogens is 1. The molecule has 1 aromatic heterocycles. The van der Waals surface area contributed by atoms with Gasteiger partial charge in [-0.15, -0.1) is 0 Å². The Morgan fingerprint density at radius 3 is 3.00 bits per heavy atom. The SMILES string of the molecule is CNC(=O)CC1(C)NCCc2c1[nH]c1ccccc21. The van der Waals surface area contributed by atoms with Gasteiger partial charge in [-0.25, -0.2) is 0 Å². The second-order valence-corrected chi connectivity index (χ2v) is 5.38. The number of carbonyl (C=O) groups excluding carboxylic acids is 1. The lowest BCUT2D eigenvalue weighted by Gasteiger charge is -2.34. The van der Waals surface area contributed by atoms with E-state index in [0.717, 1.165) is 24.2 Å². The van der Waals surface area contributed by atoms with Crippen molar-refractivity contribution in [3.63, 3.8) is 0 Å². The van der Waals surface area contributed by atoms with Gasteiger partial charge in [-0.3, -0.25) is 4.79 Å². The van der Waals surface area contributed by atoms with Gasteiger partial charge in [0.25, 0.3) is 0 Å². The van der Waals surface area contributed by atoms with E-state index < -0.39 is 0 Å². The van der Waals surface area contributed by atoms with Crippen LogP contribution in [0.15, 0.2) is 24.3 Å². The molecule has 4 heteroatoms. The van der Waals surface area contributed by atoms with Gasteiger partial charge in [0.1, 0.15) is 0 Å². The van der Waals surface area contributed by atoms with Crippen LogP contribution in [0.25, 0.3) is 10.9 Å². The molecule has 0 fully saturated rings. The molecular weight excluding hydrogens is 238 g/mol. The number of rotatable bonds is 2. The van der Waals surface area contributed by atoms with Gasteiger partial charge >= 0.3 is 0 Å². The number of hydrogen-bond donors (Lipinski definition) is 3. The summed E-state index contributed by atoms with van der Waals surface area (Å²) in [6.07, 6.45) is 1.45. The van der Waals surface area contributed by atoms with Crippen molar-refractivity contribution >= 4 is 16.8 Å². The molecule has 1 atom stereocenters. The first-order chi connectivity index (χ1) is 9.14. The minimum atomic E-state index is -0.313. The summed E-state index contributed by atoms with van der Waals surface area (Å²) < 4.78 is 0. The number of fused-ring (bicyclic) bond motifs is 3. The fourth-order valence-corrected chi connectivity index (χ4v) is 3.04. The van der Waals surface area contributed by atoms with E-state index in [-0.39, 0.29) is 11.4 Å². The predicted molar refractivity (Wildman–Crippen MR) is 76.0 cm³/mol. The number of aromatic amines is 1. The standard InChI is InChI=1S/C15H19N3O/c1-15(9-13(19)16-2)14-11(7-8-17-15)10-5-3-4-6-12(10)18-14/h3-6,17-18H,7-9H2,1-2H3,(H,16,19). The maximum Gasteiger partial charge on any atom is 0.221 e. The van der Waals surface area contributed by atoms with Crippen LogP contribution in [0.1, 0.15) is 24.6 Å². The number of benzene rings is 1. The lowest BCUT2D eigenvalue weighted by atomic mass is 9.85. The van der Waals surface area contributed by atoms with E-state index in [1.54, 1.807) is 7.05 Å². The van der Waals surface area contributed by atoms with Crippen LogP contribution >= 0.6 is 0 Å². The first kappa shape index (κ1) is 12.2. The number of carbonyl (C=O) groups is 1. The summed E-state index contributed by atoms with van der Waals surface area (Å²) in [6.45, 7) is 3.00. The summed E-state index contributed by atoms with van der Waals surface area (Å²) in [5, 5.41) is 7.47. The zero-order chi connectivity index (χ0) is 13.5. The number of amides is 1. The van der Waals surface area contributed by atoms with E-state index in [0.29, 0.717) is 6.42 Å². The molecule has 4 nitrogen and oxygen atoms in total. The van der Waals surface area contributed by atoms with Crippen molar-refractivity contribution in [2.45, 2.75) is 25.3 Å². The van der Waals surface area contributed by atoms with Gasteiger partial charge in [0, 0.05) is 30.2 Å². The van der Waals surface area contributed by atoms with Crippen molar-refractivity contribution in [1.82, 2.24) is 15.6 Å². The molecule has 100 valence electrons. The molecule has 0 saturated heterocycles. The molecule has 1 amide bonds. The Balaban J connectivity index is 2.11. The smallest absolute Gasteiger partial charge is 0.221 e. The summed E-state index contributed by atoms with van der Waals surface area (Å²) in [5.74, 6) is 0.0570. The highest BCUT2D eigenvalue weighted by atomic mass is 16.1. The monoisotopic (exact) mass is 257 g/mol. The minimum Gasteiger partial charge on any atom is -0.359 e. The van der Waals surface area contributed by atoms with Crippen molar-refractivity contribution in [1.29, 1.82) is 0 Å². The summed E-state index contributed by atoms with van der Waals surface area (Å²) in [6, 6.07) is 8.34. The van der Waals surface area contributed by atoms with E-state index in [1.165, 1.54) is 10.9 Å². The Labute approximate surface area is 112 Å². The fraction of sp³-hybridized carbons (Fsp3) is 0.400. The molecule has 0 saturated carbocycles. The molecule has 1 aliphatic rings. The van der Waals surface area contributed by atoms with E-state index in [9.17, 15) is 4.79 Å². The molecule has 3 N–H and O–H groups in total. The third-order valence-electron chi connectivity index (χ3n) is 4.05. The average molecular weight is 257 g/mol. The van der Waals surface area contributed by atoms with Gasteiger partial charge in [-0.2, -0.15) is 0 Å². The van der Waals surface area contributed by atoms with Gasteiger partial charge in [-0.1, -0.05) is 18.2 Å². The Hall–Kier alpha value is -1.81. The van der Waals surface area contributed by atoms with Crippen LogP contribution in [0.2, 0.25) is 0 Å². The van der Waals surface area contributed by atoms with Gasteiger partial charge in [-0.05, 0) is 25.0 Å². The molecule has 3 rings (SSSR count). The zero-order valence-electron chi connectivity index (χ0n) is 11.3. The van der Waals surface area contributed by atoms with Gasteiger partial charge < -0.3 is 15.6 Å². The molecule has 1 aliphatic heterocycles. The maximum absolute atomic E-state index is 11.7. The number of para-hydroxylation sites is 1. The first-order valence-corrected chi connectivity index (χ1v) is 6.70. The molecule has 1 aromatic carbocycles. The second kappa shape index (κ2) is 4.38. The third kappa shape index (κ3) is 1.92. The molecule has 2 aromatic rings. The highest BCUT2D eigenvalue weighted by Gasteiger charge is 2.36. The number of hydrogen-bond acceptors (Lipinski definition) is 2. The molecule has 0 spiro atoms. The molecule has 2 heterocycles. The summed E-state index contributed by atoms with van der Waals surface area (Å²) >= 11 is 0. The van der Waals surface area contributed by atoms with Crippen LogP contribution in [0.4, 0.5) is 0 Å². The Morgan fingerprint density at radius 1 is 1.42 bits per heavy atom. The number of aromatic nitrogens is 1. The quantitative estimate of drug-likeness (QED) is 0.766. The minimum absolute atomic E-state index is 0.0570. The van der Waals surface area contributed by atoms with E-state index in [1.807, 2.05) is 6.07 Å². The van der Waals surface area contributed by atoms with Crippen molar-refractivity contribution in [3.05, 3.63) is 35.5 Å². The summed E-state index contributed by atoms with van der Waals surface area (Å²) in [4.78, 5) is 15.2. The van der Waals surface area contributed by atoms with Gasteiger partial charge in [0.05, 0.1) is 12.0 Å². The van der Waals surface area contributed by atoms with E-state index in [2.05, 4.69) is 40.7 Å².